The molecule has 0 unspecified atom stereocenters. The molecule has 1 amide bonds. The number of nitrogens with zero attached hydrogens (tertiary/aromatic N) is 1. The number of rotatable bonds is 9. The van der Waals surface area contributed by atoms with Crippen LogP contribution in [0.4, 0.5) is 0 Å². The molecule has 1 aromatic rings. The summed E-state index contributed by atoms with van der Waals surface area (Å²) in [6.07, 6.45) is 1.98. The monoisotopic (exact) mass is 334 g/mol. The first kappa shape index (κ1) is 18.7. The van der Waals surface area contributed by atoms with Gasteiger partial charge in [0.1, 0.15) is 17.3 Å². The quantitative estimate of drug-likeness (QED) is 0.754. The summed E-state index contributed by atoms with van der Waals surface area (Å²) in [5.74, 6) is 3.43. The molecule has 1 N–H and O–H groups in total. The third-order valence-corrected chi connectivity index (χ3v) is 4.47. The van der Waals surface area contributed by atoms with E-state index in [9.17, 15) is 9.59 Å². The smallest absolute Gasteiger partial charge is 0.221 e. The molecule has 1 heterocycles. The molecule has 2 atom stereocenters. The summed E-state index contributed by atoms with van der Waals surface area (Å²) < 4.78 is 5.90. The molecule has 1 fully saturated rings. The summed E-state index contributed by atoms with van der Waals surface area (Å²) in [5, 5.41) is 2.93. The first-order valence-corrected chi connectivity index (χ1v) is 8.74. The number of carbonyl (C=O) groups excluding carboxylic acids is 2. The lowest BCUT2D eigenvalue weighted by atomic mass is 9.98. The number of carbonyl (C=O) groups is 2. The van der Waals surface area contributed by atoms with Gasteiger partial charge in [0.15, 0.2) is 0 Å². The van der Waals surface area contributed by atoms with E-state index >= 15 is 0 Å². The van der Waals surface area contributed by atoms with E-state index < -0.39 is 5.54 Å². The van der Waals surface area contributed by atoms with Crippen molar-refractivity contribution in [3.8, 4) is 0 Å². The molecule has 5 heteroatoms. The fraction of sp³-hybridized carbons (Fsp3) is 0.684. The summed E-state index contributed by atoms with van der Waals surface area (Å²) in [6, 6.07) is 4.11. The van der Waals surface area contributed by atoms with Gasteiger partial charge in [0.25, 0.3) is 0 Å². The Morgan fingerprint density at radius 3 is 2.62 bits per heavy atom. The van der Waals surface area contributed by atoms with Gasteiger partial charge >= 0.3 is 0 Å². The first-order valence-electron chi connectivity index (χ1n) is 8.74. The zero-order chi connectivity index (χ0) is 17.9. The molecule has 24 heavy (non-hydrogen) atoms. The Morgan fingerprint density at radius 2 is 2.04 bits per heavy atom. The molecule has 134 valence electrons. The second-order valence-corrected chi connectivity index (χ2v) is 7.92. The highest BCUT2D eigenvalue weighted by molar-refractivity contribution is 5.80. The SMILES string of the molecule is CC(=O)CC(C)(C)NC(=O)CCN(C)Cc1ccc([C@H]2C[C@H]2C)o1. The molecular weight excluding hydrogens is 304 g/mol. The molecular formula is C19H30N2O3. The van der Waals surface area contributed by atoms with Crippen LogP contribution in [0, 0.1) is 5.92 Å². The van der Waals surface area contributed by atoms with Gasteiger partial charge in [0.2, 0.25) is 5.91 Å². The minimum absolute atomic E-state index is 0.0277. The number of nitrogens with one attached hydrogen (secondary N) is 1. The maximum atomic E-state index is 12.1. The highest BCUT2D eigenvalue weighted by Crippen LogP contribution is 2.47. The van der Waals surface area contributed by atoms with Gasteiger partial charge in [-0.3, -0.25) is 14.5 Å². The minimum atomic E-state index is -0.488. The van der Waals surface area contributed by atoms with Crippen molar-refractivity contribution in [2.75, 3.05) is 13.6 Å². The summed E-state index contributed by atoms with van der Waals surface area (Å²) in [5.41, 5.74) is -0.488. The van der Waals surface area contributed by atoms with Crippen molar-refractivity contribution < 1.29 is 14.0 Å². The molecule has 0 radical (unpaired) electrons. The second-order valence-electron chi connectivity index (χ2n) is 7.92. The lowest BCUT2D eigenvalue weighted by Crippen LogP contribution is -2.45. The van der Waals surface area contributed by atoms with Gasteiger partial charge in [-0.25, -0.2) is 0 Å². The van der Waals surface area contributed by atoms with E-state index in [4.69, 9.17) is 4.42 Å². The number of amides is 1. The molecule has 2 rings (SSSR count). The molecule has 0 saturated heterocycles. The van der Waals surface area contributed by atoms with Crippen LogP contribution in [0.2, 0.25) is 0 Å². The van der Waals surface area contributed by atoms with Crippen LogP contribution in [0.25, 0.3) is 0 Å². The largest absolute Gasteiger partial charge is 0.464 e. The Bertz CT molecular complexity index is 591. The van der Waals surface area contributed by atoms with Crippen LogP contribution >= 0.6 is 0 Å². The van der Waals surface area contributed by atoms with Crippen LogP contribution in [0.3, 0.4) is 0 Å². The molecule has 0 spiro atoms. The maximum Gasteiger partial charge on any atom is 0.221 e. The Balaban J connectivity index is 1.72. The summed E-state index contributed by atoms with van der Waals surface area (Å²) in [4.78, 5) is 25.4. The summed E-state index contributed by atoms with van der Waals surface area (Å²) in [7, 11) is 1.98. The van der Waals surface area contributed by atoms with Crippen molar-refractivity contribution in [1.82, 2.24) is 10.2 Å². The predicted molar refractivity (Wildman–Crippen MR) is 93.7 cm³/mol. The Labute approximate surface area is 144 Å². The van der Waals surface area contributed by atoms with Gasteiger partial charge in [0, 0.05) is 30.8 Å². The molecule has 0 aromatic carbocycles. The summed E-state index contributed by atoms with van der Waals surface area (Å²) in [6.45, 7) is 8.88. The third kappa shape index (κ3) is 5.78. The van der Waals surface area contributed by atoms with Gasteiger partial charge in [-0.05, 0) is 52.3 Å². The van der Waals surface area contributed by atoms with E-state index in [0.29, 0.717) is 31.8 Å². The lowest BCUT2D eigenvalue weighted by Gasteiger charge is -2.25. The Hall–Kier alpha value is -1.62. The molecule has 0 bridgehead atoms. The predicted octanol–water partition coefficient (Wildman–Crippen LogP) is 3.10. The van der Waals surface area contributed by atoms with E-state index in [1.54, 1.807) is 6.92 Å². The van der Waals surface area contributed by atoms with E-state index in [1.165, 1.54) is 6.42 Å². The van der Waals surface area contributed by atoms with Gasteiger partial charge in [-0.15, -0.1) is 0 Å². The van der Waals surface area contributed by atoms with E-state index in [-0.39, 0.29) is 11.7 Å². The highest BCUT2D eigenvalue weighted by Gasteiger charge is 2.36. The van der Waals surface area contributed by atoms with Crippen LogP contribution in [-0.4, -0.2) is 35.7 Å². The van der Waals surface area contributed by atoms with Crippen molar-refractivity contribution in [2.45, 2.75) is 65.0 Å². The Morgan fingerprint density at radius 1 is 1.38 bits per heavy atom. The van der Waals surface area contributed by atoms with Gasteiger partial charge in [-0.1, -0.05) is 6.92 Å². The van der Waals surface area contributed by atoms with Crippen molar-refractivity contribution >= 4 is 11.7 Å². The standard InChI is InChI=1S/C19H30N2O3/c1-13-10-16(13)17-7-6-15(24-17)12-21(5)9-8-18(23)20-19(3,4)11-14(2)22/h6-7,13,16H,8-12H2,1-5H3,(H,20,23)/t13-,16+/m1/s1. The fourth-order valence-electron chi connectivity index (χ4n) is 3.14. The van der Waals surface area contributed by atoms with E-state index in [1.807, 2.05) is 27.0 Å². The second kappa shape index (κ2) is 7.51. The van der Waals surface area contributed by atoms with E-state index in [2.05, 4.69) is 23.2 Å². The van der Waals surface area contributed by atoms with Crippen LogP contribution in [0.1, 0.15) is 64.4 Å². The van der Waals surface area contributed by atoms with E-state index in [0.717, 1.165) is 17.4 Å². The number of ketones is 1. The number of hydrogen-bond acceptors (Lipinski definition) is 4. The minimum Gasteiger partial charge on any atom is -0.464 e. The first-order chi connectivity index (χ1) is 11.2. The van der Waals surface area contributed by atoms with Crippen LogP contribution in [-0.2, 0) is 16.1 Å². The Kier molecular flexibility index (Phi) is 5.86. The average molecular weight is 334 g/mol. The number of Topliss-reactive ketones (excluding diaryl/α,β-unsaturated/α-hetero) is 1. The lowest BCUT2D eigenvalue weighted by molar-refractivity contribution is -0.124. The average Bonchev–Trinajstić information content (AvgIpc) is 2.98. The van der Waals surface area contributed by atoms with Crippen LogP contribution in [0.5, 0.6) is 0 Å². The maximum absolute atomic E-state index is 12.1. The van der Waals surface area contributed by atoms with Crippen molar-refractivity contribution in [1.29, 1.82) is 0 Å². The summed E-state index contributed by atoms with van der Waals surface area (Å²) >= 11 is 0. The normalized spacial score (nSPS) is 20.2. The van der Waals surface area contributed by atoms with Crippen LogP contribution in [0.15, 0.2) is 16.5 Å². The molecule has 1 saturated carbocycles. The zero-order valence-corrected chi connectivity index (χ0v) is 15.5. The van der Waals surface area contributed by atoms with Crippen molar-refractivity contribution in [3.63, 3.8) is 0 Å². The molecule has 1 aliphatic carbocycles. The van der Waals surface area contributed by atoms with Crippen molar-refractivity contribution in [3.05, 3.63) is 23.7 Å². The zero-order valence-electron chi connectivity index (χ0n) is 15.5. The van der Waals surface area contributed by atoms with Gasteiger partial charge in [-0.2, -0.15) is 0 Å². The molecule has 5 nitrogen and oxygen atoms in total. The molecule has 1 aliphatic rings. The topological polar surface area (TPSA) is 62.6 Å². The van der Waals surface area contributed by atoms with Crippen molar-refractivity contribution in [2.24, 2.45) is 5.92 Å². The molecule has 0 aliphatic heterocycles. The van der Waals surface area contributed by atoms with Gasteiger partial charge < -0.3 is 9.73 Å². The van der Waals surface area contributed by atoms with Gasteiger partial charge in [0.05, 0.1) is 6.54 Å². The van der Waals surface area contributed by atoms with Crippen LogP contribution < -0.4 is 5.32 Å². The number of hydrogen-bond donors (Lipinski definition) is 1. The molecule has 1 aromatic heterocycles. The number of furan rings is 1. The fourth-order valence-corrected chi connectivity index (χ4v) is 3.14. The highest BCUT2D eigenvalue weighted by atomic mass is 16.3. The third-order valence-electron chi connectivity index (χ3n) is 4.47.